The topological polar surface area (TPSA) is 49.7 Å². The van der Waals surface area contributed by atoms with Gasteiger partial charge in [0.15, 0.2) is 0 Å². The van der Waals surface area contributed by atoms with E-state index >= 15 is 0 Å². The van der Waals surface area contributed by atoms with Crippen LogP contribution in [0.25, 0.3) is 0 Å². The highest BCUT2D eigenvalue weighted by Gasteiger charge is 2.26. The van der Waals surface area contributed by atoms with Gasteiger partial charge in [0, 0.05) is 6.42 Å². The Kier molecular flexibility index (Phi) is 2.65. The van der Waals surface area contributed by atoms with Crippen LogP contribution >= 0.6 is 0 Å². The first-order valence-electron chi connectivity index (χ1n) is 3.71. The third-order valence-electron chi connectivity index (χ3n) is 1.85. The van der Waals surface area contributed by atoms with E-state index < -0.39 is 12.2 Å². The highest BCUT2D eigenvalue weighted by atomic mass is 16.5. The minimum absolute atomic E-state index is 0.0663. The summed E-state index contributed by atoms with van der Waals surface area (Å²) in [6.07, 6.45) is 0.252. The van der Waals surface area contributed by atoms with Crippen molar-refractivity contribution in [3.63, 3.8) is 0 Å². The third-order valence-corrected chi connectivity index (χ3v) is 1.85. The Morgan fingerprint density at radius 1 is 1.50 bits per heavy atom. The van der Waals surface area contributed by atoms with Gasteiger partial charge < -0.3 is 14.9 Å². The lowest BCUT2D eigenvalue weighted by molar-refractivity contribution is -0.123. The molecule has 10 heavy (non-hydrogen) atoms. The monoisotopic (exact) mass is 146 g/mol. The van der Waals surface area contributed by atoms with Gasteiger partial charge in [-0.05, 0) is 6.42 Å². The van der Waals surface area contributed by atoms with E-state index in [2.05, 4.69) is 0 Å². The van der Waals surface area contributed by atoms with Crippen molar-refractivity contribution >= 4 is 0 Å². The third kappa shape index (κ3) is 1.68. The van der Waals surface area contributed by atoms with Gasteiger partial charge in [-0.3, -0.25) is 0 Å². The first-order chi connectivity index (χ1) is 4.74. The molecule has 2 unspecified atom stereocenters. The zero-order chi connectivity index (χ0) is 7.56. The fraction of sp³-hybridized carbons (Fsp3) is 1.00. The average molecular weight is 146 g/mol. The normalized spacial score (nSPS) is 41.7. The van der Waals surface area contributed by atoms with Crippen molar-refractivity contribution in [2.24, 2.45) is 0 Å². The van der Waals surface area contributed by atoms with Crippen molar-refractivity contribution in [1.29, 1.82) is 0 Å². The predicted molar refractivity (Wildman–Crippen MR) is 36.7 cm³/mol. The van der Waals surface area contributed by atoms with Crippen LogP contribution in [0.2, 0.25) is 0 Å². The van der Waals surface area contributed by atoms with Gasteiger partial charge in [0.25, 0.3) is 0 Å². The molecule has 0 aromatic heterocycles. The molecule has 0 bridgehead atoms. The van der Waals surface area contributed by atoms with E-state index in [0.29, 0.717) is 13.0 Å². The van der Waals surface area contributed by atoms with Crippen LogP contribution in [0.5, 0.6) is 0 Å². The lowest BCUT2D eigenvalue weighted by Crippen LogP contribution is -2.40. The van der Waals surface area contributed by atoms with Crippen LogP contribution in [0.3, 0.4) is 0 Å². The first kappa shape index (κ1) is 7.98. The minimum atomic E-state index is -0.478. The summed E-state index contributed by atoms with van der Waals surface area (Å²) < 4.78 is 5.15. The van der Waals surface area contributed by atoms with Crippen molar-refractivity contribution < 1.29 is 14.9 Å². The molecule has 0 amide bonds. The Hall–Kier alpha value is -0.120. The molecule has 0 saturated carbocycles. The largest absolute Gasteiger partial charge is 0.391 e. The molecule has 1 fully saturated rings. The van der Waals surface area contributed by atoms with Gasteiger partial charge in [-0.25, -0.2) is 0 Å². The molecule has 1 saturated heterocycles. The molecule has 1 aliphatic heterocycles. The van der Waals surface area contributed by atoms with E-state index in [1.165, 1.54) is 0 Å². The van der Waals surface area contributed by atoms with Gasteiger partial charge in [-0.1, -0.05) is 6.92 Å². The molecule has 3 nitrogen and oxygen atoms in total. The quantitative estimate of drug-likeness (QED) is 0.543. The summed E-state index contributed by atoms with van der Waals surface area (Å²) in [5, 5.41) is 18.3. The second-order valence-corrected chi connectivity index (χ2v) is 2.74. The van der Waals surface area contributed by atoms with Crippen LogP contribution < -0.4 is 0 Å². The Morgan fingerprint density at radius 2 is 2.20 bits per heavy atom. The van der Waals surface area contributed by atoms with Gasteiger partial charge in [0.05, 0.1) is 24.9 Å². The molecule has 3 heteroatoms. The molecule has 0 radical (unpaired) electrons. The maximum atomic E-state index is 9.25. The summed E-state index contributed by atoms with van der Waals surface area (Å²) in [4.78, 5) is 0. The maximum absolute atomic E-state index is 9.25. The highest BCUT2D eigenvalue weighted by molar-refractivity contribution is 4.76. The minimum Gasteiger partial charge on any atom is -0.391 e. The van der Waals surface area contributed by atoms with Crippen LogP contribution in [-0.2, 0) is 4.74 Å². The van der Waals surface area contributed by atoms with Crippen LogP contribution in [0.15, 0.2) is 0 Å². The standard InChI is InChI=1S/C7H14O3/c1-2-7-6(9)3-5(8)4-10-7/h5-9H,2-4H2,1H3/t5?,6?,7-/m0/s1. The van der Waals surface area contributed by atoms with Crippen molar-refractivity contribution in [2.75, 3.05) is 6.61 Å². The summed E-state index contributed by atoms with van der Waals surface area (Å²) in [5.74, 6) is 0. The fourth-order valence-corrected chi connectivity index (χ4v) is 1.23. The Bertz CT molecular complexity index is 105. The molecule has 60 valence electrons. The maximum Gasteiger partial charge on any atom is 0.0833 e. The number of rotatable bonds is 1. The summed E-state index contributed by atoms with van der Waals surface area (Å²) in [6.45, 7) is 2.33. The lowest BCUT2D eigenvalue weighted by Gasteiger charge is -2.30. The Balaban J connectivity index is 2.36. The molecular formula is C7H14O3. The second-order valence-electron chi connectivity index (χ2n) is 2.74. The van der Waals surface area contributed by atoms with Crippen LogP contribution in [0.1, 0.15) is 19.8 Å². The van der Waals surface area contributed by atoms with E-state index in [4.69, 9.17) is 9.84 Å². The molecule has 0 spiro atoms. The molecule has 1 rings (SSSR count). The summed E-state index contributed by atoms with van der Waals surface area (Å²) >= 11 is 0. The zero-order valence-electron chi connectivity index (χ0n) is 6.16. The molecule has 0 aromatic carbocycles. The lowest BCUT2D eigenvalue weighted by atomic mass is 10.0. The molecule has 2 N–H and O–H groups in total. The number of hydrogen-bond acceptors (Lipinski definition) is 3. The van der Waals surface area contributed by atoms with E-state index in [0.717, 1.165) is 6.42 Å². The van der Waals surface area contributed by atoms with Crippen molar-refractivity contribution in [1.82, 2.24) is 0 Å². The van der Waals surface area contributed by atoms with Crippen molar-refractivity contribution in [2.45, 2.75) is 38.1 Å². The van der Waals surface area contributed by atoms with Gasteiger partial charge >= 0.3 is 0 Å². The number of hydrogen-bond donors (Lipinski definition) is 2. The summed E-state index contributed by atoms with van der Waals surface area (Å²) in [6, 6.07) is 0. The Morgan fingerprint density at radius 3 is 2.70 bits per heavy atom. The zero-order valence-corrected chi connectivity index (χ0v) is 6.16. The molecule has 3 atom stereocenters. The second kappa shape index (κ2) is 3.32. The van der Waals surface area contributed by atoms with Crippen molar-refractivity contribution in [3.8, 4) is 0 Å². The first-order valence-corrected chi connectivity index (χ1v) is 3.71. The van der Waals surface area contributed by atoms with Crippen LogP contribution in [0.4, 0.5) is 0 Å². The van der Waals surface area contributed by atoms with Gasteiger partial charge in [0.1, 0.15) is 0 Å². The van der Waals surface area contributed by atoms with Gasteiger partial charge in [-0.2, -0.15) is 0 Å². The summed E-state index contributed by atoms with van der Waals surface area (Å²) in [7, 11) is 0. The fourth-order valence-electron chi connectivity index (χ4n) is 1.23. The van der Waals surface area contributed by atoms with E-state index in [1.54, 1.807) is 0 Å². The smallest absolute Gasteiger partial charge is 0.0833 e. The highest BCUT2D eigenvalue weighted by Crippen LogP contribution is 2.16. The molecule has 1 aliphatic rings. The molecule has 0 aliphatic carbocycles. The molecule has 0 aromatic rings. The van der Waals surface area contributed by atoms with Gasteiger partial charge in [-0.15, -0.1) is 0 Å². The average Bonchev–Trinajstić information content (AvgIpc) is 1.88. The number of aliphatic hydroxyl groups excluding tert-OH is 2. The predicted octanol–water partition coefficient (Wildman–Crippen LogP) is -0.0929. The SMILES string of the molecule is CC[C@@H]1OCC(O)CC1O. The summed E-state index contributed by atoms with van der Waals surface area (Å²) in [5.41, 5.74) is 0. The van der Waals surface area contributed by atoms with Gasteiger partial charge in [0.2, 0.25) is 0 Å². The van der Waals surface area contributed by atoms with Crippen molar-refractivity contribution in [3.05, 3.63) is 0 Å². The van der Waals surface area contributed by atoms with Crippen LogP contribution in [-0.4, -0.2) is 35.1 Å². The van der Waals surface area contributed by atoms with E-state index in [1.807, 2.05) is 6.92 Å². The Labute approximate surface area is 60.6 Å². The molecular weight excluding hydrogens is 132 g/mol. The van der Waals surface area contributed by atoms with E-state index in [-0.39, 0.29) is 6.10 Å². The molecule has 1 heterocycles. The number of aliphatic hydroxyl groups is 2. The number of ether oxygens (including phenoxy) is 1. The van der Waals surface area contributed by atoms with E-state index in [9.17, 15) is 5.11 Å². The van der Waals surface area contributed by atoms with Crippen LogP contribution in [0, 0.1) is 0 Å².